The molecule has 0 radical (unpaired) electrons. The fourth-order valence-corrected chi connectivity index (χ4v) is 5.29. The van der Waals surface area contributed by atoms with Gasteiger partial charge in [0.2, 0.25) is 22.6 Å². The molecule has 0 unspecified atom stereocenters. The van der Waals surface area contributed by atoms with Crippen LogP contribution in [0.15, 0.2) is 47.4 Å². The summed E-state index contributed by atoms with van der Waals surface area (Å²) in [6.07, 6.45) is -3.91. The molecule has 3 aromatic rings. The zero-order valence-electron chi connectivity index (χ0n) is 17.2. The topological polar surface area (TPSA) is 93.7 Å². The van der Waals surface area contributed by atoms with E-state index in [1.807, 2.05) is 0 Å². The highest BCUT2D eigenvalue weighted by Crippen LogP contribution is 2.40. The minimum absolute atomic E-state index is 0.0203. The van der Waals surface area contributed by atoms with E-state index in [0.29, 0.717) is 42.8 Å². The molecule has 12 heteroatoms. The minimum atomic E-state index is -4.72. The molecule has 0 bridgehead atoms. The lowest BCUT2D eigenvalue weighted by Crippen LogP contribution is -2.45. The highest BCUT2D eigenvalue weighted by atomic mass is 32.2. The van der Waals surface area contributed by atoms with Gasteiger partial charge in [0.15, 0.2) is 11.5 Å². The van der Waals surface area contributed by atoms with Crippen molar-refractivity contribution in [3.8, 4) is 11.5 Å². The molecule has 0 saturated carbocycles. The summed E-state index contributed by atoms with van der Waals surface area (Å²) in [4.78, 5) is 9.39. The molecule has 1 fully saturated rings. The smallest absolute Gasteiger partial charge is 0.451 e. The third-order valence-corrected chi connectivity index (χ3v) is 7.13. The first kappa shape index (κ1) is 21.7. The standard InChI is InChI=1S/C21H19F3N4O4S/c22-21(23,24)20-25-16-11-18-17(31-12-32-18)10-15(16)19(26-20)28-8-6-13(7-9-28)27-33(29,30)14-4-2-1-3-5-14/h1-5,10-11,13,27H,6-9,12H2. The molecule has 2 aliphatic rings. The summed E-state index contributed by atoms with van der Waals surface area (Å²) in [6.45, 7) is 0.618. The summed E-state index contributed by atoms with van der Waals surface area (Å²) in [6, 6.07) is 10.7. The van der Waals surface area contributed by atoms with Crippen molar-refractivity contribution in [1.29, 1.82) is 0 Å². The second kappa shape index (κ2) is 8.03. The quantitative estimate of drug-likeness (QED) is 0.612. The molecule has 0 spiro atoms. The van der Waals surface area contributed by atoms with Gasteiger partial charge in [-0.2, -0.15) is 13.2 Å². The summed E-state index contributed by atoms with van der Waals surface area (Å²) in [5, 5.41) is 0.413. The number of aromatic nitrogens is 2. The third kappa shape index (κ3) is 4.27. The van der Waals surface area contributed by atoms with Crippen LogP contribution in [0.25, 0.3) is 10.9 Å². The minimum Gasteiger partial charge on any atom is -0.454 e. The van der Waals surface area contributed by atoms with Crippen LogP contribution in [0.4, 0.5) is 19.0 Å². The van der Waals surface area contributed by atoms with Crippen molar-refractivity contribution in [2.24, 2.45) is 0 Å². The zero-order chi connectivity index (χ0) is 23.2. The highest BCUT2D eigenvalue weighted by molar-refractivity contribution is 7.89. The number of alkyl halides is 3. The fourth-order valence-electron chi connectivity index (χ4n) is 3.97. The van der Waals surface area contributed by atoms with Crippen molar-refractivity contribution < 1.29 is 31.1 Å². The van der Waals surface area contributed by atoms with Crippen LogP contribution in [0.1, 0.15) is 18.7 Å². The van der Waals surface area contributed by atoms with E-state index in [1.54, 1.807) is 29.2 Å². The van der Waals surface area contributed by atoms with Crippen molar-refractivity contribution in [2.45, 2.75) is 30.0 Å². The number of hydrogen-bond acceptors (Lipinski definition) is 7. The first-order chi connectivity index (χ1) is 15.7. The molecule has 2 aliphatic heterocycles. The van der Waals surface area contributed by atoms with Gasteiger partial charge < -0.3 is 14.4 Å². The lowest BCUT2D eigenvalue weighted by molar-refractivity contribution is -0.144. The van der Waals surface area contributed by atoms with Crippen LogP contribution < -0.4 is 19.1 Å². The molecule has 8 nitrogen and oxygen atoms in total. The predicted molar refractivity (Wildman–Crippen MR) is 113 cm³/mol. The molecular formula is C21H19F3N4O4S. The van der Waals surface area contributed by atoms with E-state index in [1.165, 1.54) is 18.2 Å². The van der Waals surface area contributed by atoms with Crippen molar-refractivity contribution in [1.82, 2.24) is 14.7 Å². The number of benzene rings is 2. The average molecular weight is 480 g/mol. The number of sulfonamides is 1. The van der Waals surface area contributed by atoms with Crippen LogP contribution in [0, 0.1) is 0 Å². The van der Waals surface area contributed by atoms with Crippen LogP contribution >= 0.6 is 0 Å². The van der Waals surface area contributed by atoms with Crippen LogP contribution in [0.3, 0.4) is 0 Å². The van der Waals surface area contributed by atoms with Crippen LogP contribution in [-0.2, 0) is 16.2 Å². The van der Waals surface area contributed by atoms with E-state index in [-0.39, 0.29) is 29.1 Å². The number of piperidine rings is 1. The number of nitrogens with one attached hydrogen (secondary N) is 1. The van der Waals surface area contributed by atoms with Crippen LogP contribution in [-0.4, -0.2) is 44.3 Å². The van der Waals surface area contributed by atoms with E-state index in [2.05, 4.69) is 14.7 Å². The molecule has 5 rings (SSSR count). The Morgan fingerprint density at radius 2 is 1.67 bits per heavy atom. The number of halogens is 3. The van der Waals surface area contributed by atoms with Crippen molar-refractivity contribution in [3.05, 3.63) is 48.3 Å². The van der Waals surface area contributed by atoms with Gasteiger partial charge in [-0.25, -0.2) is 23.1 Å². The van der Waals surface area contributed by atoms with Gasteiger partial charge in [0.1, 0.15) is 5.82 Å². The number of rotatable bonds is 4. The fraction of sp³-hybridized carbons (Fsp3) is 0.333. The van der Waals surface area contributed by atoms with Gasteiger partial charge in [-0.05, 0) is 31.0 Å². The zero-order valence-corrected chi connectivity index (χ0v) is 18.0. The Hall–Kier alpha value is -3.12. The maximum Gasteiger partial charge on any atom is 0.451 e. The van der Waals surface area contributed by atoms with Crippen LogP contribution in [0.5, 0.6) is 11.5 Å². The molecular weight excluding hydrogens is 461 g/mol. The lowest BCUT2D eigenvalue weighted by Gasteiger charge is -2.33. The molecule has 0 amide bonds. The van der Waals surface area contributed by atoms with E-state index in [4.69, 9.17) is 9.47 Å². The number of hydrogen-bond donors (Lipinski definition) is 1. The first-order valence-corrected chi connectivity index (χ1v) is 11.7. The molecule has 174 valence electrons. The normalized spacial score (nSPS) is 17.0. The maximum absolute atomic E-state index is 13.5. The average Bonchev–Trinajstić information content (AvgIpc) is 3.24. The highest BCUT2D eigenvalue weighted by Gasteiger charge is 2.37. The van der Waals surface area contributed by atoms with E-state index in [0.717, 1.165) is 0 Å². The van der Waals surface area contributed by atoms with Gasteiger partial charge in [0, 0.05) is 30.6 Å². The Morgan fingerprint density at radius 1 is 1.00 bits per heavy atom. The Balaban J connectivity index is 1.41. The molecule has 1 N–H and O–H groups in total. The lowest BCUT2D eigenvalue weighted by atomic mass is 10.1. The second-order valence-electron chi connectivity index (χ2n) is 7.79. The predicted octanol–water partition coefficient (Wildman–Crippen LogP) is 3.32. The molecule has 33 heavy (non-hydrogen) atoms. The van der Waals surface area contributed by atoms with Crippen molar-refractivity contribution in [3.63, 3.8) is 0 Å². The Labute approximate surface area is 187 Å². The second-order valence-corrected chi connectivity index (χ2v) is 9.50. The Bertz CT molecular complexity index is 1290. The van der Waals surface area contributed by atoms with Gasteiger partial charge in [-0.1, -0.05) is 18.2 Å². The number of anilines is 1. The molecule has 1 saturated heterocycles. The van der Waals surface area contributed by atoms with Gasteiger partial charge >= 0.3 is 6.18 Å². The van der Waals surface area contributed by atoms with E-state index < -0.39 is 22.0 Å². The Morgan fingerprint density at radius 3 is 2.33 bits per heavy atom. The summed E-state index contributed by atoms with van der Waals surface area (Å²) in [5.41, 5.74) is 0.100. The molecule has 0 aliphatic carbocycles. The van der Waals surface area contributed by atoms with Crippen molar-refractivity contribution >= 4 is 26.7 Å². The van der Waals surface area contributed by atoms with Crippen molar-refractivity contribution in [2.75, 3.05) is 24.8 Å². The molecule has 0 atom stereocenters. The summed E-state index contributed by atoms with van der Waals surface area (Å²) < 4.78 is 78.9. The van der Waals surface area contributed by atoms with Gasteiger partial charge in [-0.15, -0.1) is 0 Å². The summed E-state index contributed by atoms with van der Waals surface area (Å²) >= 11 is 0. The van der Waals surface area contributed by atoms with Gasteiger partial charge in [-0.3, -0.25) is 0 Å². The molecule has 3 heterocycles. The van der Waals surface area contributed by atoms with Crippen LogP contribution in [0.2, 0.25) is 0 Å². The summed E-state index contributed by atoms with van der Waals surface area (Å²) in [5.74, 6) is -0.363. The monoisotopic (exact) mass is 480 g/mol. The largest absolute Gasteiger partial charge is 0.454 e. The van der Waals surface area contributed by atoms with Gasteiger partial charge in [0.05, 0.1) is 10.4 Å². The third-order valence-electron chi connectivity index (χ3n) is 5.59. The summed E-state index contributed by atoms with van der Waals surface area (Å²) in [7, 11) is -3.68. The van der Waals surface area contributed by atoms with Gasteiger partial charge in [0.25, 0.3) is 0 Å². The SMILES string of the molecule is O=S(=O)(NC1CCN(c2nc(C(F)(F)F)nc3cc4c(cc23)OCO4)CC1)c1ccccc1. The number of ether oxygens (including phenoxy) is 2. The number of nitrogens with zero attached hydrogens (tertiary/aromatic N) is 3. The number of fused-ring (bicyclic) bond motifs is 2. The Kier molecular flexibility index (Phi) is 5.28. The van der Waals surface area contributed by atoms with E-state index >= 15 is 0 Å². The maximum atomic E-state index is 13.5. The van der Waals surface area contributed by atoms with E-state index in [9.17, 15) is 21.6 Å². The first-order valence-electron chi connectivity index (χ1n) is 10.2. The molecule has 1 aromatic heterocycles. The molecule has 2 aromatic carbocycles.